The molecule has 0 aromatic rings. The third-order valence-corrected chi connectivity index (χ3v) is 7.77. The molecule has 0 radical (unpaired) electrons. The van der Waals surface area contributed by atoms with Gasteiger partial charge in [0, 0.05) is 12.8 Å². The van der Waals surface area contributed by atoms with Gasteiger partial charge in [0.25, 0.3) is 0 Å². The van der Waals surface area contributed by atoms with Gasteiger partial charge >= 0.3 is 19.8 Å². The lowest BCUT2D eigenvalue weighted by atomic mass is 10.1. The molecular weight excluding hydrogens is 555 g/mol. The molecule has 0 bridgehead atoms. The Balaban J connectivity index is 3.92. The second kappa shape index (κ2) is 29.8. The normalized spacial score (nSPS) is 12.6. The molecule has 42 heavy (non-hydrogen) atoms. The molecule has 0 unspecified atom stereocenters. The van der Waals surface area contributed by atoms with Crippen molar-refractivity contribution in [2.45, 2.75) is 174 Å². The van der Waals surface area contributed by atoms with Crippen LogP contribution < -0.4 is 0 Å². The summed E-state index contributed by atoms with van der Waals surface area (Å²) in [5.41, 5.74) is 0. The second-order valence-electron chi connectivity index (χ2n) is 11.5. The maximum Gasteiger partial charge on any atom is 0.469 e. The fraction of sp³-hybridized carbons (Fsp3) is 0.879. The van der Waals surface area contributed by atoms with Gasteiger partial charge in [0.05, 0.1) is 6.61 Å². The van der Waals surface area contributed by atoms with E-state index in [4.69, 9.17) is 19.3 Å². The third-order valence-electron chi connectivity index (χ3n) is 7.28. The van der Waals surface area contributed by atoms with Crippen LogP contribution in [0.3, 0.4) is 0 Å². The van der Waals surface area contributed by atoms with Crippen LogP contribution in [-0.4, -0.2) is 41.0 Å². The topological polar surface area (TPSA) is 119 Å². The van der Waals surface area contributed by atoms with Crippen LogP contribution in [0.2, 0.25) is 0 Å². The number of allylic oxidation sites excluding steroid dienone is 2. The van der Waals surface area contributed by atoms with E-state index in [9.17, 15) is 14.2 Å². The Labute approximate surface area is 257 Å². The van der Waals surface area contributed by atoms with E-state index in [0.29, 0.717) is 6.42 Å². The van der Waals surface area contributed by atoms with Crippen LogP contribution in [0.25, 0.3) is 0 Å². The van der Waals surface area contributed by atoms with Crippen molar-refractivity contribution in [3.8, 4) is 0 Å². The van der Waals surface area contributed by atoms with Crippen molar-refractivity contribution in [2.75, 3.05) is 13.2 Å². The van der Waals surface area contributed by atoms with Crippen molar-refractivity contribution in [1.82, 2.24) is 0 Å². The molecule has 0 saturated carbocycles. The van der Waals surface area contributed by atoms with Crippen LogP contribution >= 0.6 is 7.82 Å². The fourth-order valence-corrected chi connectivity index (χ4v) is 5.08. The molecule has 0 spiro atoms. The van der Waals surface area contributed by atoms with Gasteiger partial charge < -0.3 is 19.3 Å². The van der Waals surface area contributed by atoms with Crippen molar-refractivity contribution in [3.05, 3.63) is 12.2 Å². The van der Waals surface area contributed by atoms with E-state index in [2.05, 4.69) is 30.5 Å². The van der Waals surface area contributed by atoms with Crippen LogP contribution in [0.5, 0.6) is 0 Å². The molecule has 8 nitrogen and oxygen atoms in total. The standard InChI is InChI=1S/C33H63O8P/c1-3-5-7-9-11-12-13-14-15-16-17-18-19-20-22-24-26-28-33(35)41-31(30-40-42(36,37)38)29-39-32(34)27-25-23-21-10-8-6-4-2/h12-13,31H,3-11,14-30H2,1-2H3,(H2,36,37,38)/b13-12+/t31-/m1/s1. The maximum atomic E-state index is 12.3. The lowest BCUT2D eigenvalue weighted by Crippen LogP contribution is -2.29. The number of phosphoric acid groups is 1. The Hall–Kier alpha value is -1.21. The minimum atomic E-state index is -4.73. The summed E-state index contributed by atoms with van der Waals surface area (Å²) in [7, 11) is -4.73. The van der Waals surface area contributed by atoms with Gasteiger partial charge in [0.15, 0.2) is 6.10 Å². The number of hydrogen-bond donors (Lipinski definition) is 2. The van der Waals surface area contributed by atoms with Crippen LogP contribution in [-0.2, 0) is 28.2 Å². The molecule has 0 amide bonds. The van der Waals surface area contributed by atoms with Crippen molar-refractivity contribution < 1.29 is 37.9 Å². The van der Waals surface area contributed by atoms with Gasteiger partial charge in [-0.05, 0) is 38.5 Å². The number of carbonyl (C=O) groups is 2. The summed E-state index contributed by atoms with van der Waals surface area (Å²) in [4.78, 5) is 42.3. The molecule has 2 N–H and O–H groups in total. The summed E-state index contributed by atoms with van der Waals surface area (Å²) in [6.07, 6.45) is 29.5. The Morgan fingerprint density at radius 2 is 1.00 bits per heavy atom. The van der Waals surface area contributed by atoms with Gasteiger partial charge in [-0.25, -0.2) is 4.57 Å². The number of rotatable bonds is 31. The molecule has 0 aliphatic heterocycles. The molecule has 0 aliphatic rings. The van der Waals surface area contributed by atoms with Gasteiger partial charge in [-0.3, -0.25) is 14.1 Å². The number of carbonyl (C=O) groups excluding carboxylic acids is 2. The Morgan fingerprint density at radius 3 is 1.48 bits per heavy atom. The summed E-state index contributed by atoms with van der Waals surface area (Å²) in [5, 5.41) is 0. The molecule has 0 aromatic carbocycles. The van der Waals surface area contributed by atoms with E-state index >= 15 is 0 Å². The van der Waals surface area contributed by atoms with Crippen LogP contribution in [0.15, 0.2) is 12.2 Å². The average molecular weight is 619 g/mol. The number of unbranched alkanes of at least 4 members (excludes halogenated alkanes) is 19. The van der Waals surface area contributed by atoms with Crippen molar-refractivity contribution in [2.24, 2.45) is 0 Å². The summed E-state index contributed by atoms with van der Waals surface area (Å²) in [6, 6.07) is 0. The van der Waals surface area contributed by atoms with E-state index in [0.717, 1.165) is 44.9 Å². The molecule has 248 valence electrons. The van der Waals surface area contributed by atoms with E-state index in [1.807, 2.05) is 0 Å². The van der Waals surface area contributed by atoms with E-state index in [1.54, 1.807) is 0 Å². The number of phosphoric ester groups is 1. The molecule has 0 rings (SSSR count). The third kappa shape index (κ3) is 31.7. The highest BCUT2D eigenvalue weighted by Crippen LogP contribution is 2.35. The molecular formula is C33H63O8P. The fourth-order valence-electron chi connectivity index (χ4n) is 4.72. The SMILES string of the molecule is CCCCCC/C=C/CCCCCCCCCCCC(=O)O[C@H](COC(=O)CCCCCCCCC)COP(=O)(O)O. The van der Waals surface area contributed by atoms with E-state index in [-0.39, 0.29) is 19.4 Å². The minimum absolute atomic E-state index is 0.213. The highest BCUT2D eigenvalue weighted by atomic mass is 31.2. The van der Waals surface area contributed by atoms with Gasteiger partial charge in [0.2, 0.25) is 0 Å². The monoisotopic (exact) mass is 618 g/mol. The molecule has 0 aliphatic carbocycles. The van der Waals surface area contributed by atoms with Crippen molar-refractivity contribution in [1.29, 1.82) is 0 Å². The summed E-state index contributed by atoms with van der Waals surface area (Å²) >= 11 is 0. The maximum absolute atomic E-state index is 12.3. The molecule has 1 atom stereocenters. The smallest absolute Gasteiger partial charge is 0.462 e. The van der Waals surface area contributed by atoms with Gasteiger partial charge in [-0.2, -0.15) is 0 Å². The Kier molecular flexibility index (Phi) is 29.0. The lowest BCUT2D eigenvalue weighted by molar-refractivity contribution is -0.161. The largest absolute Gasteiger partial charge is 0.469 e. The van der Waals surface area contributed by atoms with Crippen LogP contribution in [0.4, 0.5) is 0 Å². The first kappa shape index (κ1) is 40.8. The van der Waals surface area contributed by atoms with Crippen molar-refractivity contribution in [3.63, 3.8) is 0 Å². The van der Waals surface area contributed by atoms with E-state index in [1.165, 1.54) is 89.9 Å². The van der Waals surface area contributed by atoms with Crippen LogP contribution in [0, 0.1) is 0 Å². The zero-order valence-electron chi connectivity index (χ0n) is 26.9. The highest BCUT2D eigenvalue weighted by molar-refractivity contribution is 7.46. The molecule has 0 aromatic heterocycles. The zero-order chi connectivity index (χ0) is 31.2. The van der Waals surface area contributed by atoms with Gasteiger partial charge in [-0.15, -0.1) is 0 Å². The van der Waals surface area contributed by atoms with Gasteiger partial charge in [-0.1, -0.05) is 129 Å². The van der Waals surface area contributed by atoms with Gasteiger partial charge in [0.1, 0.15) is 6.61 Å². The van der Waals surface area contributed by atoms with E-state index < -0.39 is 32.5 Å². The number of esters is 2. The predicted molar refractivity (Wildman–Crippen MR) is 170 cm³/mol. The predicted octanol–water partition coefficient (Wildman–Crippen LogP) is 9.51. The second-order valence-corrected chi connectivity index (χ2v) is 12.7. The molecule has 0 heterocycles. The highest BCUT2D eigenvalue weighted by Gasteiger charge is 2.22. The minimum Gasteiger partial charge on any atom is -0.462 e. The van der Waals surface area contributed by atoms with Crippen LogP contribution in [0.1, 0.15) is 168 Å². The Morgan fingerprint density at radius 1 is 0.595 bits per heavy atom. The Bertz CT molecular complexity index is 706. The lowest BCUT2D eigenvalue weighted by Gasteiger charge is -2.18. The molecule has 0 fully saturated rings. The summed E-state index contributed by atoms with van der Waals surface area (Å²) in [5.74, 6) is -0.891. The molecule has 9 heteroatoms. The summed E-state index contributed by atoms with van der Waals surface area (Å²) < 4.78 is 26.1. The molecule has 0 saturated heterocycles. The first-order valence-electron chi connectivity index (χ1n) is 17.0. The average Bonchev–Trinajstić information content (AvgIpc) is 2.95. The number of ether oxygens (including phenoxy) is 2. The number of hydrogen-bond acceptors (Lipinski definition) is 6. The first-order chi connectivity index (χ1) is 20.3. The zero-order valence-corrected chi connectivity index (χ0v) is 27.8. The first-order valence-corrected chi connectivity index (χ1v) is 18.5. The quantitative estimate of drug-likeness (QED) is 0.0341. The summed E-state index contributed by atoms with van der Waals surface area (Å²) in [6.45, 7) is 3.60. The van der Waals surface area contributed by atoms with Crippen molar-refractivity contribution >= 4 is 19.8 Å².